The van der Waals surface area contributed by atoms with E-state index in [9.17, 15) is 22.8 Å². The molecule has 1 atom stereocenters. The molecule has 0 saturated carbocycles. The molecule has 0 unspecified atom stereocenters. The fourth-order valence-corrected chi connectivity index (χ4v) is 4.25. The molecule has 0 fully saturated rings. The number of nitrogens with one attached hydrogen (secondary N) is 2. The molecular formula is C28H33BrF3N7O6. The number of benzene rings is 2. The van der Waals surface area contributed by atoms with E-state index in [0.29, 0.717) is 41.0 Å². The molecule has 1 aliphatic heterocycles. The fraction of sp³-hybridized carbons (Fsp3) is 0.393. The lowest BCUT2D eigenvalue weighted by atomic mass is 10.0. The van der Waals surface area contributed by atoms with E-state index in [1.165, 1.54) is 14.2 Å². The first-order valence-corrected chi connectivity index (χ1v) is 14.1. The Hall–Kier alpha value is -4.54. The van der Waals surface area contributed by atoms with Crippen LogP contribution in [0.4, 0.5) is 13.2 Å². The zero-order chi connectivity index (χ0) is 33.7. The monoisotopic (exact) mass is 699 g/mol. The number of carboxylic acid groups (broad SMARTS) is 1. The van der Waals surface area contributed by atoms with Gasteiger partial charge in [0.1, 0.15) is 12.6 Å². The minimum atomic E-state index is -5.08. The summed E-state index contributed by atoms with van der Waals surface area (Å²) in [5.74, 6) is -2.33. The highest BCUT2D eigenvalue weighted by atomic mass is 79.9. The van der Waals surface area contributed by atoms with E-state index in [4.69, 9.17) is 25.1 Å². The molecule has 17 heteroatoms. The van der Waals surface area contributed by atoms with Crippen molar-refractivity contribution in [3.63, 3.8) is 0 Å². The van der Waals surface area contributed by atoms with Gasteiger partial charge >= 0.3 is 12.1 Å². The predicted octanol–water partition coefficient (Wildman–Crippen LogP) is 3.97. The molecule has 2 amide bonds. The first kappa shape index (κ1) is 36.7. The number of methoxy groups -OCH3 is 2. The minimum Gasteiger partial charge on any atom is -0.493 e. The van der Waals surface area contributed by atoms with Crippen LogP contribution in [0.25, 0.3) is 0 Å². The second kappa shape index (κ2) is 17.1. The number of nitrogens with zero attached hydrogens (tertiary/aromatic N) is 4. The highest BCUT2D eigenvalue weighted by Gasteiger charge is 2.38. The maximum Gasteiger partial charge on any atom is 0.490 e. The van der Waals surface area contributed by atoms with Gasteiger partial charge in [-0.25, -0.2) is 9.79 Å². The summed E-state index contributed by atoms with van der Waals surface area (Å²) in [7, 11) is 3.06. The molecule has 5 N–H and O–H groups in total. The second-order valence-electron chi connectivity index (χ2n) is 9.84. The molecular weight excluding hydrogens is 667 g/mol. The third-order valence-electron chi connectivity index (χ3n) is 5.88. The molecule has 2 aromatic carbocycles. The zero-order valence-corrected chi connectivity index (χ0v) is 26.4. The summed E-state index contributed by atoms with van der Waals surface area (Å²) >= 11 is 3.45. The largest absolute Gasteiger partial charge is 0.493 e. The molecule has 244 valence electrons. The summed E-state index contributed by atoms with van der Waals surface area (Å²) < 4.78 is 43.0. The van der Waals surface area contributed by atoms with Crippen LogP contribution in [0, 0.1) is 5.92 Å². The van der Waals surface area contributed by atoms with Crippen molar-refractivity contribution >= 4 is 45.4 Å². The number of ether oxygens (including phenoxy) is 2. The van der Waals surface area contributed by atoms with Gasteiger partial charge in [-0.15, -0.1) is 5.10 Å². The molecule has 0 aromatic heterocycles. The average Bonchev–Trinajstić information content (AvgIpc) is 3.51. The van der Waals surface area contributed by atoms with Gasteiger partial charge in [0, 0.05) is 16.6 Å². The summed E-state index contributed by atoms with van der Waals surface area (Å²) in [6.45, 7) is 4.72. The van der Waals surface area contributed by atoms with Crippen LogP contribution >= 0.6 is 15.9 Å². The molecule has 45 heavy (non-hydrogen) atoms. The molecule has 0 spiro atoms. The molecule has 0 saturated heterocycles. The van der Waals surface area contributed by atoms with Crippen LogP contribution in [0.15, 0.2) is 61.3 Å². The number of hydrogen-bond donors (Lipinski definition) is 4. The van der Waals surface area contributed by atoms with Gasteiger partial charge in [-0.05, 0) is 46.9 Å². The Labute approximate surface area is 265 Å². The molecule has 0 aliphatic carbocycles. The van der Waals surface area contributed by atoms with Crippen molar-refractivity contribution < 1.29 is 42.1 Å². The van der Waals surface area contributed by atoms with Gasteiger partial charge < -0.3 is 25.6 Å². The van der Waals surface area contributed by atoms with Gasteiger partial charge in [0.15, 0.2) is 17.5 Å². The maximum atomic E-state index is 13.0. The Morgan fingerprint density at radius 1 is 1.13 bits per heavy atom. The third-order valence-corrected chi connectivity index (χ3v) is 6.62. The van der Waals surface area contributed by atoms with Crippen LogP contribution < -0.4 is 25.8 Å². The first-order valence-electron chi connectivity index (χ1n) is 13.3. The molecule has 0 bridgehead atoms. The number of guanidine groups is 1. The molecule has 3 rings (SSSR count). The maximum absolute atomic E-state index is 13.0. The van der Waals surface area contributed by atoms with Crippen molar-refractivity contribution in [3.05, 3.63) is 57.6 Å². The average molecular weight is 701 g/mol. The number of alkyl halides is 3. The van der Waals surface area contributed by atoms with E-state index in [-0.39, 0.29) is 30.1 Å². The molecule has 0 radical (unpaired) electrons. The van der Waals surface area contributed by atoms with Crippen LogP contribution in [-0.2, 0) is 27.3 Å². The lowest BCUT2D eigenvalue weighted by Crippen LogP contribution is -2.41. The van der Waals surface area contributed by atoms with Gasteiger partial charge in [-0.2, -0.15) is 18.3 Å². The number of amides is 2. The van der Waals surface area contributed by atoms with Crippen LogP contribution in [0.1, 0.15) is 37.0 Å². The molecule has 13 nitrogen and oxygen atoms in total. The van der Waals surface area contributed by atoms with E-state index < -0.39 is 18.2 Å². The number of nitrogens with two attached hydrogens (primary N) is 1. The number of halogens is 4. The van der Waals surface area contributed by atoms with Gasteiger partial charge in [0.25, 0.3) is 0 Å². The molecule has 1 heterocycles. The van der Waals surface area contributed by atoms with Crippen molar-refractivity contribution in [2.24, 2.45) is 32.1 Å². The van der Waals surface area contributed by atoms with E-state index in [0.717, 1.165) is 16.8 Å². The SMILES string of the molecule is COc1cc(Br)c(CC(=O)NC(N)=N[C@H](CC(C)C)C(=O)NCc2cccc(C3=NN=NC3)c2)cc1OC.O=C(O)C(F)(F)F. The first-order chi connectivity index (χ1) is 21.1. The summed E-state index contributed by atoms with van der Waals surface area (Å²) in [5.41, 5.74) is 9.30. The number of carbonyl (C=O) groups is 3. The van der Waals surface area contributed by atoms with Crippen molar-refractivity contribution in [3.8, 4) is 11.5 Å². The van der Waals surface area contributed by atoms with Crippen molar-refractivity contribution in [2.45, 2.75) is 45.5 Å². The quantitative estimate of drug-likeness (QED) is 0.202. The Balaban J connectivity index is 0.000000900. The lowest BCUT2D eigenvalue weighted by Gasteiger charge is -2.17. The van der Waals surface area contributed by atoms with Crippen LogP contribution in [-0.4, -0.2) is 67.5 Å². The van der Waals surface area contributed by atoms with Crippen LogP contribution in [0.5, 0.6) is 11.5 Å². The summed E-state index contributed by atoms with van der Waals surface area (Å²) in [4.78, 5) is 38.9. The summed E-state index contributed by atoms with van der Waals surface area (Å²) in [5, 5.41) is 24.2. The highest BCUT2D eigenvalue weighted by Crippen LogP contribution is 2.33. The van der Waals surface area contributed by atoms with Crippen molar-refractivity contribution in [1.29, 1.82) is 0 Å². The molecule has 1 aliphatic rings. The van der Waals surface area contributed by atoms with Crippen LogP contribution in [0.3, 0.4) is 0 Å². The number of aliphatic carboxylic acids is 1. The summed E-state index contributed by atoms with van der Waals surface area (Å²) in [6, 6.07) is 10.4. The topological polar surface area (TPSA) is 189 Å². The van der Waals surface area contributed by atoms with E-state index in [1.54, 1.807) is 12.1 Å². The fourth-order valence-electron chi connectivity index (χ4n) is 3.79. The summed E-state index contributed by atoms with van der Waals surface area (Å²) in [6.07, 6.45) is -4.61. The minimum absolute atomic E-state index is 0.0143. The number of carboxylic acids is 1. The van der Waals surface area contributed by atoms with E-state index >= 15 is 0 Å². The van der Waals surface area contributed by atoms with Crippen molar-refractivity contribution in [1.82, 2.24) is 10.6 Å². The second-order valence-corrected chi connectivity index (χ2v) is 10.7. The van der Waals surface area contributed by atoms with Gasteiger partial charge in [-0.3, -0.25) is 14.9 Å². The zero-order valence-electron chi connectivity index (χ0n) is 24.8. The predicted molar refractivity (Wildman–Crippen MR) is 162 cm³/mol. The smallest absolute Gasteiger partial charge is 0.490 e. The Bertz CT molecular complexity index is 1460. The molecule has 2 aromatic rings. The number of carbonyl (C=O) groups excluding carboxylic acids is 2. The Kier molecular flexibility index (Phi) is 13.9. The third kappa shape index (κ3) is 12.2. The van der Waals surface area contributed by atoms with E-state index in [2.05, 4.69) is 47.0 Å². The van der Waals surface area contributed by atoms with Gasteiger partial charge in [0.05, 0.1) is 26.4 Å². The van der Waals surface area contributed by atoms with E-state index in [1.807, 2.05) is 38.1 Å². The van der Waals surface area contributed by atoms with Gasteiger partial charge in [0.2, 0.25) is 11.8 Å². The highest BCUT2D eigenvalue weighted by molar-refractivity contribution is 9.10. The Morgan fingerprint density at radius 3 is 2.33 bits per heavy atom. The standard InChI is InChI=1S/C26H32BrN7O4.C2HF3O2/c1-15(2)8-20(25(36)29-13-16-6-5-7-17(9-16)21-14-30-34-33-21)31-26(28)32-24(35)11-18-10-22(37-3)23(38-4)12-19(18)27;3-2(4,5)1(6)7/h5-7,9-10,12,15,20H,8,11,13-14H2,1-4H3,(H,29,36)(H3,28,31,32,35);(H,6,7)/t20-;/m1./s1. The van der Waals surface area contributed by atoms with Crippen molar-refractivity contribution in [2.75, 3.05) is 20.8 Å². The Morgan fingerprint density at radius 2 is 1.78 bits per heavy atom. The number of hydrogen-bond acceptors (Lipinski definition) is 9. The van der Waals surface area contributed by atoms with Crippen LogP contribution in [0.2, 0.25) is 0 Å². The number of rotatable bonds is 11. The normalized spacial score (nSPS) is 13.4. The van der Waals surface area contributed by atoms with Gasteiger partial charge in [-0.1, -0.05) is 48.0 Å². The lowest BCUT2D eigenvalue weighted by molar-refractivity contribution is -0.192. The number of aliphatic imine (C=N–C) groups is 1.